The minimum absolute atomic E-state index is 0.766. The molecular weight excluding hydrogens is 368 g/mol. The summed E-state index contributed by atoms with van der Waals surface area (Å²) >= 11 is 6.97. The number of halogens is 2. The van der Waals surface area contributed by atoms with Crippen LogP contribution in [0.25, 0.3) is 21.5 Å². The van der Waals surface area contributed by atoms with Crippen LogP contribution < -0.4 is 0 Å². The summed E-state index contributed by atoms with van der Waals surface area (Å²) in [4.78, 5) is 11.5. The third kappa shape index (κ3) is 2.01. The lowest BCUT2D eigenvalue weighted by Gasteiger charge is -2.12. The van der Waals surface area contributed by atoms with Crippen molar-refractivity contribution < 1.29 is 4.79 Å². The lowest BCUT2D eigenvalue weighted by Crippen LogP contribution is -1.92. The average Bonchev–Trinajstić information content (AvgIpc) is 2.39. The van der Waals surface area contributed by atoms with Gasteiger partial charge < -0.3 is 0 Å². The first-order valence-corrected chi connectivity index (χ1v) is 7.46. The highest BCUT2D eigenvalue weighted by Crippen LogP contribution is 2.34. The van der Waals surface area contributed by atoms with Gasteiger partial charge in [-0.25, -0.2) is 0 Å². The summed E-state index contributed by atoms with van der Waals surface area (Å²) in [5.41, 5.74) is 1.79. The number of carbonyl (C=O) groups excluding carboxylic acids is 1. The highest BCUT2D eigenvalue weighted by Gasteiger charge is 2.11. The van der Waals surface area contributed by atoms with Gasteiger partial charge in [0, 0.05) is 14.5 Å². The molecule has 3 rings (SSSR count). The van der Waals surface area contributed by atoms with Gasteiger partial charge >= 0.3 is 0 Å². The predicted molar refractivity (Wildman–Crippen MR) is 87.0 cm³/mol. The molecule has 3 heteroatoms. The first kappa shape index (κ1) is 12.8. The summed E-state index contributed by atoms with van der Waals surface area (Å²) in [6, 6.07) is 12.3. The van der Waals surface area contributed by atoms with E-state index >= 15 is 0 Å². The molecule has 0 amide bonds. The Morgan fingerprint density at radius 2 is 1.37 bits per heavy atom. The molecule has 3 aromatic carbocycles. The standard InChI is InChI=1S/C16H10Br2O/c1-9-14-6-10(17)2-4-12(14)13-5-3-11(18)7-15(13)16(9)8-19/h2-8H,1H3. The molecule has 0 fully saturated rings. The first-order valence-electron chi connectivity index (χ1n) is 5.88. The minimum Gasteiger partial charge on any atom is -0.298 e. The zero-order valence-electron chi connectivity index (χ0n) is 10.2. The summed E-state index contributed by atoms with van der Waals surface area (Å²) < 4.78 is 2.01. The lowest BCUT2D eigenvalue weighted by atomic mass is 9.93. The van der Waals surface area contributed by atoms with Gasteiger partial charge in [0.05, 0.1) is 0 Å². The van der Waals surface area contributed by atoms with Gasteiger partial charge in [-0.15, -0.1) is 0 Å². The summed E-state index contributed by atoms with van der Waals surface area (Å²) in [7, 11) is 0. The Labute approximate surface area is 127 Å². The second-order valence-corrected chi connectivity index (χ2v) is 6.37. The van der Waals surface area contributed by atoms with Crippen molar-refractivity contribution in [2.75, 3.05) is 0 Å². The van der Waals surface area contributed by atoms with Crippen molar-refractivity contribution in [3.05, 3.63) is 56.5 Å². The van der Waals surface area contributed by atoms with E-state index in [-0.39, 0.29) is 0 Å². The minimum atomic E-state index is 0.766. The Morgan fingerprint density at radius 1 is 0.842 bits per heavy atom. The summed E-state index contributed by atoms with van der Waals surface area (Å²) in [5.74, 6) is 0. The predicted octanol–water partition coefficient (Wildman–Crippen LogP) is 5.64. The van der Waals surface area contributed by atoms with Crippen molar-refractivity contribution in [3.8, 4) is 0 Å². The average molecular weight is 378 g/mol. The quantitative estimate of drug-likeness (QED) is 0.396. The van der Waals surface area contributed by atoms with E-state index in [2.05, 4.69) is 50.1 Å². The van der Waals surface area contributed by atoms with Gasteiger partial charge in [0.25, 0.3) is 0 Å². The van der Waals surface area contributed by atoms with Crippen molar-refractivity contribution in [1.29, 1.82) is 0 Å². The van der Waals surface area contributed by atoms with Crippen LogP contribution in [0.15, 0.2) is 45.3 Å². The molecular formula is C16H10Br2O. The smallest absolute Gasteiger partial charge is 0.150 e. The number of rotatable bonds is 1. The molecule has 94 valence electrons. The highest BCUT2D eigenvalue weighted by molar-refractivity contribution is 9.10. The fourth-order valence-corrected chi connectivity index (χ4v) is 3.26. The summed E-state index contributed by atoms with van der Waals surface area (Å²) in [5, 5.41) is 4.40. The van der Waals surface area contributed by atoms with Crippen LogP contribution >= 0.6 is 31.9 Å². The van der Waals surface area contributed by atoms with Crippen LogP contribution in [0.1, 0.15) is 15.9 Å². The number of aldehydes is 1. The molecule has 1 nitrogen and oxygen atoms in total. The number of hydrogen-bond acceptors (Lipinski definition) is 1. The van der Waals surface area contributed by atoms with E-state index < -0.39 is 0 Å². The van der Waals surface area contributed by atoms with E-state index in [9.17, 15) is 4.79 Å². The zero-order chi connectivity index (χ0) is 13.6. The molecule has 0 unspecified atom stereocenters. The van der Waals surface area contributed by atoms with Gasteiger partial charge in [-0.1, -0.05) is 44.0 Å². The molecule has 3 aromatic rings. The molecule has 0 aliphatic carbocycles. The van der Waals surface area contributed by atoms with Crippen LogP contribution in [0.2, 0.25) is 0 Å². The van der Waals surface area contributed by atoms with Crippen LogP contribution in [0.4, 0.5) is 0 Å². The van der Waals surface area contributed by atoms with Crippen molar-refractivity contribution >= 4 is 59.7 Å². The zero-order valence-corrected chi connectivity index (χ0v) is 13.4. The first-order chi connectivity index (χ1) is 9.11. The third-order valence-corrected chi connectivity index (χ3v) is 4.46. The van der Waals surface area contributed by atoms with Crippen LogP contribution in [-0.4, -0.2) is 6.29 Å². The maximum Gasteiger partial charge on any atom is 0.150 e. The Hall–Kier alpha value is -1.19. The van der Waals surface area contributed by atoms with E-state index in [0.717, 1.165) is 42.5 Å². The molecule has 0 aliphatic heterocycles. The molecule has 0 atom stereocenters. The third-order valence-electron chi connectivity index (χ3n) is 3.47. The molecule has 0 bridgehead atoms. The lowest BCUT2D eigenvalue weighted by molar-refractivity contribution is 0.112. The van der Waals surface area contributed by atoms with Crippen LogP contribution in [0, 0.1) is 6.92 Å². The molecule has 0 aromatic heterocycles. The Balaban J connectivity index is 2.64. The van der Waals surface area contributed by atoms with Crippen LogP contribution in [-0.2, 0) is 0 Å². The van der Waals surface area contributed by atoms with Gasteiger partial charge in [-0.3, -0.25) is 4.79 Å². The van der Waals surface area contributed by atoms with Gasteiger partial charge in [0.15, 0.2) is 6.29 Å². The fraction of sp³-hybridized carbons (Fsp3) is 0.0625. The number of carbonyl (C=O) groups is 1. The van der Waals surface area contributed by atoms with Crippen molar-refractivity contribution in [2.45, 2.75) is 6.92 Å². The largest absolute Gasteiger partial charge is 0.298 e. The summed E-state index contributed by atoms with van der Waals surface area (Å²) in [6.07, 6.45) is 0.949. The topological polar surface area (TPSA) is 17.1 Å². The van der Waals surface area contributed by atoms with Crippen molar-refractivity contribution in [1.82, 2.24) is 0 Å². The maximum absolute atomic E-state index is 11.5. The summed E-state index contributed by atoms with van der Waals surface area (Å²) in [6.45, 7) is 2.00. The Bertz CT molecular complexity index is 822. The molecule has 0 N–H and O–H groups in total. The molecule has 0 heterocycles. The maximum atomic E-state index is 11.5. The normalized spacial score (nSPS) is 11.1. The van der Waals surface area contributed by atoms with Gasteiger partial charge in [-0.2, -0.15) is 0 Å². The van der Waals surface area contributed by atoms with Gasteiger partial charge in [-0.05, 0) is 58.3 Å². The van der Waals surface area contributed by atoms with Crippen LogP contribution in [0.5, 0.6) is 0 Å². The molecule has 0 spiro atoms. The number of fused-ring (bicyclic) bond motifs is 3. The monoisotopic (exact) mass is 376 g/mol. The van der Waals surface area contributed by atoms with E-state index in [1.807, 2.05) is 25.1 Å². The van der Waals surface area contributed by atoms with E-state index in [1.54, 1.807) is 0 Å². The molecule has 19 heavy (non-hydrogen) atoms. The SMILES string of the molecule is Cc1c(C=O)c2cc(Br)ccc2c2ccc(Br)cc12. The second-order valence-electron chi connectivity index (χ2n) is 4.54. The van der Waals surface area contributed by atoms with Crippen LogP contribution in [0.3, 0.4) is 0 Å². The van der Waals surface area contributed by atoms with Gasteiger partial charge in [0.1, 0.15) is 0 Å². The Morgan fingerprint density at radius 3 is 1.95 bits per heavy atom. The number of aryl methyl sites for hydroxylation is 1. The Kier molecular flexibility index (Phi) is 3.19. The van der Waals surface area contributed by atoms with E-state index in [4.69, 9.17) is 0 Å². The molecule has 0 aliphatic rings. The number of hydrogen-bond donors (Lipinski definition) is 0. The van der Waals surface area contributed by atoms with Gasteiger partial charge in [0.2, 0.25) is 0 Å². The molecule has 0 radical (unpaired) electrons. The molecule has 0 saturated carbocycles. The van der Waals surface area contributed by atoms with Crippen molar-refractivity contribution in [3.63, 3.8) is 0 Å². The number of benzene rings is 3. The highest BCUT2D eigenvalue weighted by atomic mass is 79.9. The second kappa shape index (κ2) is 4.73. The fourth-order valence-electron chi connectivity index (χ4n) is 2.53. The van der Waals surface area contributed by atoms with Crippen molar-refractivity contribution in [2.24, 2.45) is 0 Å². The van der Waals surface area contributed by atoms with E-state index in [0.29, 0.717) is 0 Å². The van der Waals surface area contributed by atoms with E-state index in [1.165, 1.54) is 5.39 Å². The molecule has 0 saturated heterocycles.